The predicted molar refractivity (Wildman–Crippen MR) is 45.5 cm³/mol. The highest BCUT2D eigenvalue weighted by Crippen LogP contribution is 2.45. The average Bonchev–Trinajstić information content (AvgIpc) is 2.20. The van der Waals surface area contributed by atoms with E-state index in [0.717, 1.165) is 6.07 Å². The molecule has 19 heavy (non-hydrogen) atoms. The van der Waals surface area contributed by atoms with Gasteiger partial charge in [-0.25, -0.2) is 8.78 Å². The Bertz CT molecular complexity index is 564. The number of nitrogens with two attached hydrogens (primary N) is 1. The fourth-order valence-corrected chi connectivity index (χ4v) is 1.35. The molecule has 0 saturated heterocycles. The van der Waals surface area contributed by atoms with E-state index in [-0.39, 0.29) is 0 Å². The van der Waals surface area contributed by atoms with E-state index in [1.165, 1.54) is 0 Å². The van der Waals surface area contributed by atoms with E-state index in [0.29, 0.717) is 0 Å². The second-order valence-corrected chi connectivity index (χ2v) is 3.27. The van der Waals surface area contributed by atoms with Crippen molar-refractivity contribution < 1.29 is 35.1 Å². The number of benzene rings is 1. The van der Waals surface area contributed by atoms with Crippen molar-refractivity contribution in [2.24, 2.45) is 0 Å². The molecular weight excluding hydrogens is 288 g/mol. The van der Waals surface area contributed by atoms with Crippen LogP contribution >= 0.6 is 0 Å². The minimum atomic E-state index is -5.84. The van der Waals surface area contributed by atoms with E-state index in [9.17, 15) is 35.1 Å². The summed E-state index contributed by atoms with van der Waals surface area (Å²) >= 11 is 0. The Hall–Kier alpha value is -2.05. The van der Waals surface area contributed by atoms with Crippen molar-refractivity contribution in [3.8, 4) is 6.07 Å². The Morgan fingerprint density at radius 3 is 1.53 bits per heavy atom. The molecule has 0 aromatic heterocycles. The van der Waals surface area contributed by atoms with Gasteiger partial charge in [-0.3, -0.25) is 0 Å². The number of nitriles is 1. The van der Waals surface area contributed by atoms with Gasteiger partial charge >= 0.3 is 12.4 Å². The van der Waals surface area contributed by atoms with Gasteiger partial charge in [0, 0.05) is 0 Å². The van der Waals surface area contributed by atoms with Gasteiger partial charge < -0.3 is 5.73 Å². The summed E-state index contributed by atoms with van der Waals surface area (Å²) in [5.74, 6) is -5.08. The molecule has 0 aliphatic carbocycles. The fourth-order valence-electron chi connectivity index (χ4n) is 1.35. The quantitative estimate of drug-likeness (QED) is 0.587. The summed E-state index contributed by atoms with van der Waals surface area (Å²) in [5, 5.41) is 8.32. The van der Waals surface area contributed by atoms with Gasteiger partial charge in [0.2, 0.25) is 0 Å². The summed E-state index contributed by atoms with van der Waals surface area (Å²) in [6.07, 6.45) is -11.7. The molecule has 1 aromatic rings. The molecule has 0 unspecified atom stereocenters. The highest BCUT2D eigenvalue weighted by molar-refractivity contribution is 5.61. The van der Waals surface area contributed by atoms with Crippen LogP contribution in [0.1, 0.15) is 16.7 Å². The number of anilines is 1. The smallest absolute Gasteiger partial charge is 0.395 e. The summed E-state index contributed by atoms with van der Waals surface area (Å²) in [6, 6.07) is 0.788. The number of rotatable bonds is 0. The lowest BCUT2D eigenvalue weighted by atomic mass is 9.99. The number of nitrogens with zero attached hydrogens (tertiary/aromatic N) is 1. The van der Waals surface area contributed by atoms with Crippen molar-refractivity contribution in [2.45, 2.75) is 12.4 Å². The number of hydrogen-bond donors (Lipinski definition) is 1. The minimum Gasteiger partial charge on any atom is -0.395 e. The topological polar surface area (TPSA) is 49.8 Å². The SMILES string of the molecule is N#Cc1c(N)c(F)c(C(F)(F)F)c(C(F)(F)F)c1F. The lowest BCUT2D eigenvalue weighted by molar-refractivity contribution is -0.165. The van der Waals surface area contributed by atoms with Crippen molar-refractivity contribution >= 4 is 5.69 Å². The maximum absolute atomic E-state index is 13.3. The Labute approximate surface area is 99.6 Å². The van der Waals surface area contributed by atoms with Crippen molar-refractivity contribution in [1.29, 1.82) is 5.26 Å². The first-order chi connectivity index (χ1) is 8.42. The van der Waals surface area contributed by atoms with Crippen LogP contribution in [-0.4, -0.2) is 0 Å². The first-order valence-corrected chi connectivity index (χ1v) is 4.27. The third-order valence-corrected chi connectivity index (χ3v) is 2.09. The molecule has 0 aliphatic heterocycles. The van der Waals surface area contributed by atoms with E-state index < -0.39 is 46.4 Å². The second-order valence-electron chi connectivity index (χ2n) is 3.27. The predicted octanol–water partition coefficient (Wildman–Crippen LogP) is 3.46. The van der Waals surface area contributed by atoms with Crippen LogP contribution in [0.4, 0.5) is 40.8 Å². The highest BCUT2D eigenvalue weighted by Gasteiger charge is 2.49. The molecule has 0 aliphatic rings. The summed E-state index contributed by atoms with van der Waals surface area (Å²) in [4.78, 5) is 0. The maximum Gasteiger partial charge on any atom is 0.420 e. The number of nitrogen functional groups attached to an aromatic ring is 1. The van der Waals surface area contributed by atoms with Crippen molar-refractivity contribution in [3.05, 3.63) is 28.3 Å². The highest BCUT2D eigenvalue weighted by atomic mass is 19.4. The van der Waals surface area contributed by atoms with Gasteiger partial charge in [-0.05, 0) is 0 Å². The molecule has 104 valence electrons. The average molecular weight is 290 g/mol. The Morgan fingerprint density at radius 2 is 1.21 bits per heavy atom. The van der Waals surface area contributed by atoms with Gasteiger partial charge in [-0.2, -0.15) is 31.6 Å². The van der Waals surface area contributed by atoms with Crippen LogP contribution in [0.3, 0.4) is 0 Å². The Morgan fingerprint density at radius 1 is 0.842 bits per heavy atom. The van der Waals surface area contributed by atoms with Gasteiger partial charge in [0.1, 0.15) is 22.8 Å². The third-order valence-electron chi connectivity index (χ3n) is 2.09. The van der Waals surface area contributed by atoms with E-state index in [4.69, 9.17) is 11.0 Å². The molecule has 0 amide bonds. The number of hydrogen-bond acceptors (Lipinski definition) is 2. The molecule has 0 heterocycles. The van der Waals surface area contributed by atoms with Crippen molar-refractivity contribution in [2.75, 3.05) is 5.73 Å². The molecule has 0 saturated carbocycles. The van der Waals surface area contributed by atoms with Crippen LogP contribution in [0.15, 0.2) is 0 Å². The van der Waals surface area contributed by atoms with E-state index >= 15 is 0 Å². The zero-order valence-electron chi connectivity index (χ0n) is 8.55. The monoisotopic (exact) mass is 290 g/mol. The zero-order chi connectivity index (χ0) is 15.2. The molecule has 1 aromatic carbocycles. The van der Waals surface area contributed by atoms with Gasteiger partial charge in [-0.15, -0.1) is 0 Å². The standard InChI is InChI=1S/C9H2F8N2/c10-5-2(1-18)7(19)6(11)4(9(15,16)17)3(5)8(12,13)14/h19H2. The zero-order valence-corrected chi connectivity index (χ0v) is 8.55. The first-order valence-electron chi connectivity index (χ1n) is 4.27. The molecule has 0 spiro atoms. The van der Waals surface area contributed by atoms with Crippen molar-refractivity contribution in [1.82, 2.24) is 0 Å². The Kier molecular flexibility index (Phi) is 3.36. The van der Waals surface area contributed by atoms with Crippen LogP contribution in [0.25, 0.3) is 0 Å². The normalized spacial score (nSPS) is 12.4. The third kappa shape index (κ3) is 2.40. The molecule has 1 rings (SSSR count). The lowest BCUT2D eigenvalue weighted by Gasteiger charge is -2.18. The van der Waals surface area contributed by atoms with Crippen LogP contribution < -0.4 is 5.73 Å². The van der Waals surface area contributed by atoms with Gasteiger partial charge in [0.15, 0.2) is 11.6 Å². The van der Waals surface area contributed by atoms with Crippen LogP contribution in [0.5, 0.6) is 0 Å². The van der Waals surface area contributed by atoms with Gasteiger partial charge in [0.25, 0.3) is 0 Å². The first kappa shape index (κ1) is 15.0. The largest absolute Gasteiger partial charge is 0.420 e. The molecule has 0 bridgehead atoms. The minimum absolute atomic E-state index is 0.788. The number of halogens is 8. The molecule has 2 N–H and O–H groups in total. The van der Waals surface area contributed by atoms with Crippen LogP contribution in [0.2, 0.25) is 0 Å². The van der Waals surface area contributed by atoms with Gasteiger partial charge in [-0.1, -0.05) is 0 Å². The van der Waals surface area contributed by atoms with Crippen molar-refractivity contribution in [3.63, 3.8) is 0 Å². The van der Waals surface area contributed by atoms with Crippen LogP contribution in [0, 0.1) is 23.0 Å². The maximum atomic E-state index is 13.3. The summed E-state index contributed by atoms with van der Waals surface area (Å²) in [7, 11) is 0. The fraction of sp³-hybridized carbons (Fsp3) is 0.222. The molecule has 0 fully saturated rings. The Balaban J connectivity index is 3.99. The summed E-state index contributed by atoms with van der Waals surface area (Å²) in [6.45, 7) is 0. The van der Waals surface area contributed by atoms with E-state index in [1.807, 2.05) is 0 Å². The molecular formula is C9H2F8N2. The molecule has 0 atom stereocenters. The summed E-state index contributed by atoms with van der Waals surface area (Å²) in [5.41, 5.74) is -4.33. The molecule has 2 nitrogen and oxygen atoms in total. The van der Waals surface area contributed by atoms with Gasteiger partial charge in [0.05, 0.1) is 5.69 Å². The van der Waals surface area contributed by atoms with E-state index in [1.54, 1.807) is 0 Å². The molecule has 0 radical (unpaired) electrons. The molecule has 10 heteroatoms. The van der Waals surface area contributed by atoms with E-state index in [2.05, 4.69) is 0 Å². The summed E-state index contributed by atoms with van der Waals surface area (Å²) < 4.78 is 101. The number of alkyl halides is 6. The van der Waals surface area contributed by atoms with Crippen LogP contribution in [-0.2, 0) is 12.4 Å². The lowest BCUT2D eigenvalue weighted by Crippen LogP contribution is -2.23. The second kappa shape index (κ2) is 4.25.